The van der Waals surface area contributed by atoms with Crippen molar-refractivity contribution in [3.05, 3.63) is 100 Å². The third kappa shape index (κ3) is 3.50. The second-order valence-corrected chi connectivity index (χ2v) is 8.70. The Morgan fingerprint density at radius 1 is 0.909 bits per heavy atom. The number of fused-ring (bicyclic) bond motifs is 1. The number of hydrogen-bond donors (Lipinski definition) is 2. The van der Waals surface area contributed by atoms with Gasteiger partial charge < -0.3 is 10.2 Å². The summed E-state index contributed by atoms with van der Waals surface area (Å²) in [7, 11) is 0. The van der Waals surface area contributed by atoms with Gasteiger partial charge in [0, 0.05) is 5.56 Å². The molecule has 5 rings (SSSR count). The summed E-state index contributed by atoms with van der Waals surface area (Å²) in [5.41, 5.74) is 4.84. The summed E-state index contributed by atoms with van der Waals surface area (Å²) in [5.74, 6) is -1.83. The number of amides is 1. The number of carbonyl (C=O) groups is 2. The zero-order valence-corrected chi connectivity index (χ0v) is 18.4. The molecule has 1 saturated heterocycles. The summed E-state index contributed by atoms with van der Waals surface area (Å²) in [6.07, 6.45) is 4.19. The van der Waals surface area contributed by atoms with Crippen LogP contribution in [0.3, 0.4) is 0 Å². The van der Waals surface area contributed by atoms with Crippen LogP contribution >= 0.6 is 0 Å². The first-order valence-electron chi connectivity index (χ1n) is 11.2. The number of aliphatic hydroxyl groups excluding tert-OH is 1. The van der Waals surface area contributed by atoms with E-state index in [-0.39, 0.29) is 22.8 Å². The van der Waals surface area contributed by atoms with Crippen LogP contribution in [-0.2, 0) is 22.4 Å². The number of phenols is 1. The van der Waals surface area contributed by atoms with Crippen molar-refractivity contribution in [2.45, 2.75) is 38.6 Å². The van der Waals surface area contributed by atoms with Gasteiger partial charge in [-0.05, 0) is 73.1 Å². The number of benzene rings is 3. The highest BCUT2D eigenvalue weighted by Crippen LogP contribution is 2.45. The number of rotatable bonds is 3. The highest BCUT2D eigenvalue weighted by Gasteiger charge is 2.48. The molecule has 166 valence electrons. The molecule has 1 heterocycles. The number of aryl methyl sites for hydroxylation is 3. The van der Waals surface area contributed by atoms with Crippen molar-refractivity contribution in [1.82, 2.24) is 0 Å². The zero-order valence-electron chi connectivity index (χ0n) is 18.4. The molecule has 0 radical (unpaired) electrons. The molecular weight excluding hydrogens is 414 g/mol. The zero-order chi connectivity index (χ0) is 23.1. The highest BCUT2D eigenvalue weighted by molar-refractivity contribution is 6.52. The van der Waals surface area contributed by atoms with Crippen LogP contribution in [0.15, 0.2) is 72.3 Å². The number of aliphatic hydroxyl groups is 1. The van der Waals surface area contributed by atoms with E-state index in [1.54, 1.807) is 18.2 Å². The molecule has 1 atom stereocenters. The molecule has 3 aromatic carbocycles. The predicted molar refractivity (Wildman–Crippen MR) is 127 cm³/mol. The molecule has 1 amide bonds. The van der Waals surface area contributed by atoms with Crippen LogP contribution in [0.5, 0.6) is 5.75 Å². The van der Waals surface area contributed by atoms with Crippen LogP contribution in [0.2, 0.25) is 0 Å². The maximum atomic E-state index is 13.3. The number of phenolic OH excluding ortho intramolecular Hbond substituents is 1. The maximum Gasteiger partial charge on any atom is 0.300 e. The smallest absolute Gasteiger partial charge is 0.300 e. The summed E-state index contributed by atoms with van der Waals surface area (Å²) < 4.78 is 0. The summed E-state index contributed by atoms with van der Waals surface area (Å²) in [6, 6.07) is 18.8. The Kier molecular flexibility index (Phi) is 5.25. The minimum atomic E-state index is -0.851. The molecule has 2 aliphatic rings. The van der Waals surface area contributed by atoms with Crippen molar-refractivity contribution in [3.63, 3.8) is 0 Å². The van der Waals surface area contributed by atoms with Crippen molar-refractivity contribution in [1.29, 1.82) is 0 Å². The van der Waals surface area contributed by atoms with Gasteiger partial charge in [-0.25, -0.2) is 0 Å². The van der Waals surface area contributed by atoms with E-state index in [1.807, 2.05) is 49.4 Å². The van der Waals surface area contributed by atoms with E-state index in [2.05, 4.69) is 0 Å². The maximum absolute atomic E-state index is 13.3. The number of nitrogens with zero attached hydrogens (tertiary/aromatic N) is 1. The number of ketones is 1. The number of para-hydroxylation sites is 2. The molecule has 5 heteroatoms. The molecule has 5 nitrogen and oxygen atoms in total. The summed E-state index contributed by atoms with van der Waals surface area (Å²) in [5, 5.41) is 21.9. The number of Topliss-reactive ketones (excluding diaryl/α,β-unsaturated/α-hetero) is 1. The minimum absolute atomic E-state index is 0.0355. The van der Waals surface area contributed by atoms with Gasteiger partial charge in [-0.2, -0.15) is 0 Å². The predicted octanol–water partition coefficient (Wildman–Crippen LogP) is 5.21. The van der Waals surface area contributed by atoms with E-state index >= 15 is 0 Å². The summed E-state index contributed by atoms with van der Waals surface area (Å²) >= 11 is 0. The number of hydrogen-bond acceptors (Lipinski definition) is 4. The van der Waals surface area contributed by atoms with Crippen molar-refractivity contribution in [2.75, 3.05) is 4.90 Å². The van der Waals surface area contributed by atoms with Crippen LogP contribution in [0.25, 0.3) is 5.76 Å². The Balaban J connectivity index is 1.73. The van der Waals surface area contributed by atoms with Crippen molar-refractivity contribution < 1.29 is 19.8 Å². The topological polar surface area (TPSA) is 77.8 Å². The van der Waals surface area contributed by atoms with Crippen LogP contribution in [0.1, 0.15) is 46.7 Å². The van der Waals surface area contributed by atoms with Gasteiger partial charge in [0.1, 0.15) is 11.5 Å². The van der Waals surface area contributed by atoms with Crippen LogP contribution in [0.4, 0.5) is 5.69 Å². The molecule has 0 bridgehead atoms. The number of aromatic hydroxyl groups is 1. The van der Waals surface area contributed by atoms with Gasteiger partial charge in [0.2, 0.25) is 0 Å². The third-order valence-electron chi connectivity index (χ3n) is 6.69. The molecule has 3 aromatic rings. The van der Waals surface area contributed by atoms with Crippen LogP contribution in [0, 0.1) is 6.92 Å². The average molecular weight is 440 g/mol. The second kappa shape index (κ2) is 8.24. The summed E-state index contributed by atoms with van der Waals surface area (Å²) in [4.78, 5) is 27.9. The van der Waals surface area contributed by atoms with Crippen molar-refractivity contribution in [3.8, 4) is 5.75 Å². The molecule has 0 aromatic heterocycles. The van der Waals surface area contributed by atoms with E-state index in [1.165, 1.54) is 22.1 Å². The molecule has 1 fully saturated rings. The monoisotopic (exact) mass is 439 g/mol. The lowest BCUT2D eigenvalue weighted by Crippen LogP contribution is -2.29. The Morgan fingerprint density at radius 3 is 2.36 bits per heavy atom. The lowest BCUT2D eigenvalue weighted by Gasteiger charge is -2.27. The van der Waals surface area contributed by atoms with Crippen molar-refractivity contribution in [2.24, 2.45) is 0 Å². The van der Waals surface area contributed by atoms with Crippen molar-refractivity contribution >= 4 is 23.1 Å². The Labute approximate surface area is 192 Å². The number of anilines is 1. The molecule has 1 unspecified atom stereocenters. The molecule has 1 aliphatic carbocycles. The molecule has 1 aliphatic heterocycles. The van der Waals surface area contributed by atoms with Gasteiger partial charge in [-0.15, -0.1) is 0 Å². The Bertz CT molecular complexity index is 1310. The number of carbonyl (C=O) groups excluding carboxylic acids is 2. The van der Waals surface area contributed by atoms with Gasteiger partial charge in [-0.3, -0.25) is 14.5 Å². The third-order valence-corrected chi connectivity index (χ3v) is 6.69. The van der Waals surface area contributed by atoms with E-state index in [4.69, 9.17) is 0 Å². The fourth-order valence-electron chi connectivity index (χ4n) is 4.97. The fraction of sp³-hybridized carbons (Fsp3) is 0.214. The Hall–Kier alpha value is -3.86. The first-order chi connectivity index (χ1) is 16.0. The first kappa shape index (κ1) is 21.0. The van der Waals surface area contributed by atoms with Gasteiger partial charge in [-0.1, -0.05) is 48.5 Å². The minimum Gasteiger partial charge on any atom is -0.507 e. The molecule has 0 spiro atoms. The van der Waals surface area contributed by atoms with Crippen LogP contribution < -0.4 is 4.90 Å². The van der Waals surface area contributed by atoms with E-state index in [0.29, 0.717) is 5.56 Å². The Morgan fingerprint density at radius 2 is 1.61 bits per heavy atom. The molecule has 0 saturated carbocycles. The second-order valence-electron chi connectivity index (χ2n) is 8.70. The normalized spacial score (nSPS) is 19.5. The van der Waals surface area contributed by atoms with Gasteiger partial charge in [0.05, 0.1) is 17.3 Å². The largest absolute Gasteiger partial charge is 0.507 e. The first-order valence-corrected chi connectivity index (χ1v) is 11.2. The highest BCUT2D eigenvalue weighted by atomic mass is 16.3. The standard InChI is InChI=1S/C28H25NO4/c1-17-8-2-5-11-21(17)25-24(26(31)20-15-14-18-9-3-4-10-19(18)16-20)27(32)28(33)29(25)22-12-6-7-13-23(22)30/h2,5-8,11-16,25,30-31H,3-4,9-10H2,1H3/b26-24+. The van der Waals surface area contributed by atoms with Crippen LogP contribution in [-0.4, -0.2) is 21.9 Å². The average Bonchev–Trinajstić information content (AvgIpc) is 3.09. The fourth-order valence-corrected chi connectivity index (χ4v) is 4.97. The molecular formula is C28H25NO4. The van der Waals surface area contributed by atoms with E-state index in [9.17, 15) is 19.8 Å². The lowest BCUT2D eigenvalue weighted by atomic mass is 9.88. The van der Waals surface area contributed by atoms with E-state index in [0.717, 1.165) is 36.8 Å². The van der Waals surface area contributed by atoms with Gasteiger partial charge in [0.25, 0.3) is 11.7 Å². The lowest BCUT2D eigenvalue weighted by molar-refractivity contribution is -0.132. The molecule has 33 heavy (non-hydrogen) atoms. The quantitative estimate of drug-likeness (QED) is 0.334. The SMILES string of the molecule is Cc1ccccc1C1/C(=C(\O)c2ccc3c(c2)CCCC3)C(=O)C(=O)N1c1ccccc1O. The summed E-state index contributed by atoms with van der Waals surface area (Å²) in [6.45, 7) is 1.90. The van der Waals surface area contributed by atoms with Gasteiger partial charge in [0.15, 0.2) is 0 Å². The molecule has 2 N–H and O–H groups in total. The van der Waals surface area contributed by atoms with Gasteiger partial charge >= 0.3 is 0 Å². The van der Waals surface area contributed by atoms with E-state index < -0.39 is 17.7 Å².